The van der Waals surface area contributed by atoms with E-state index in [0.29, 0.717) is 36.8 Å². The van der Waals surface area contributed by atoms with Gasteiger partial charge in [0, 0.05) is 35.6 Å². The summed E-state index contributed by atoms with van der Waals surface area (Å²) in [7, 11) is 0. The van der Waals surface area contributed by atoms with Crippen molar-refractivity contribution in [1.29, 1.82) is 0 Å². The zero-order valence-corrected chi connectivity index (χ0v) is 11.9. The van der Waals surface area contributed by atoms with Gasteiger partial charge in [-0.2, -0.15) is 0 Å². The van der Waals surface area contributed by atoms with Crippen molar-refractivity contribution in [1.82, 2.24) is 4.98 Å². The molecular formula is C12H12BrClF2N2. The number of hydrogen-bond acceptors (Lipinski definition) is 2. The molecule has 1 saturated carbocycles. The normalized spacial score (nSPS) is 24.3. The summed E-state index contributed by atoms with van der Waals surface area (Å²) in [5, 5.41) is 0.558. The fraction of sp³-hybridized carbons (Fsp3) is 0.583. The van der Waals surface area contributed by atoms with E-state index in [-0.39, 0.29) is 6.42 Å². The number of aromatic nitrogens is 1. The molecule has 0 aromatic carbocycles. The van der Waals surface area contributed by atoms with Crippen LogP contribution >= 0.6 is 27.5 Å². The van der Waals surface area contributed by atoms with Gasteiger partial charge in [0.15, 0.2) is 0 Å². The highest BCUT2D eigenvalue weighted by atomic mass is 79.9. The number of nitrogens with zero attached hydrogens (tertiary/aromatic N) is 2. The molecule has 0 unspecified atom stereocenters. The van der Waals surface area contributed by atoms with Crippen LogP contribution in [0.2, 0.25) is 5.02 Å². The van der Waals surface area contributed by atoms with E-state index in [0.717, 1.165) is 4.47 Å². The number of alkyl halides is 2. The number of halogens is 4. The molecule has 0 radical (unpaired) electrons. The second-order valence-corrected chi connectivity index (χ2v) is 6.43. The van der Waals surface area contributed by atoms with E-state index < -0.39 is 11.3 Å². The Morgan fingerprint density at radius 3 is 2.44 bits per heavy atom. The molecule has 2 aliphatic rings. The molecule has 0 atom stereocenters. The SMILES string of the molecule is FC1(F)CC12CCN(c1ncc(Br)cc1Cl)CC2. The zero-order chi connectivity index (χ0) is 13.0. The Morgan fingerprint density at radius 2 is 1.94 bits per heavy atom. The fourth-order valence-electron chi connectivity index (χ4n) is 2.71. The van der Waals surface area contributed by atoms with Crippen LogP contribution in [-0.2, 0) is 0 Å². The lowest BCUT2D eigenvalue weighted by atomic mass is 9.93. The van der Waals surface area contributed by atoms with Crippen LogP contribution in [-0.4, -0.2) is 24.0 Å². The summed E-state index contributed by atoms with van der Waals surface area (Å²) < 4.78 is 27.4. The Hall–Kier alpha value is -0.420. The summed E-state index contributed by atoms with van der Waals surface area (Å²) in [6.07, 6.45) is 2.77. The lowest BCUT2D eigenvalue weighted by Gasteiger charge is -2.33. The fourth-order valence-corrected chi connectivity index (χ4v) is 3.46. The van der Waals surface area contributed by atoms with Crippen LogP contribution in [0.4, 0.5) is 14.6 Å². The van der Waals surface area contributed by atoms with Crippen molar-refractivity contribution in [3.63, 3.8) is 0 Å². The molecule has 1 aliphatic carbocycles. The maximum Gasteiger partial charge on any atom is 0.254 e. The molecule has 18 heavy (non-hydrogen) atoms. The van der Waals surface area contributed by atoms with E-state index in [4.69, 9.17) is 11.6 Å². The largest absolute Gasteiger partial charge is 0.355 e. The van der Waals surface area contributed by atoms with Crippen molar-refractivity contribution < 1.29 is 8.78 Å². The summed E-state index contributed by atoms with van der Waals surface area (Å²) in [4.78, 5) is 6.26. The molecule has 3 rings (SSSR count). The van der Waals surface area contributed by atoms with E-state index >= 15 is 0 Å². The van der Waals surface area contributed by atoms with Gasteiger partial charge in [0.25, 0.3) is 5.92 Å². The van der Waals surface area contributed by atoms with E-state index in [1.807, 2.05) is 4.90 Å². The number of pyridine rings is 1. The Morgan fingerprint density at radius 1 is 1.33 bits per heavy atom. The van der Waals surface area contributed by atoms with Gasteiger partial charge in [-0.05, 0) is 34.8 Å². The topological polar surface area (TPSA) is 16.1 Å². The molecule has 1 aliphatic heterocycles. The van der Waals surface area contributed by atoms with Crippen LogP contribution in [0.5, 0.6) is 0 Å². The maximum absolute atomic E-state index is 13.3. The molecule has 2 nitrogen and oxygen atoms in total. The highest BCUT2D eigenvalue weighted by molar-refractivity contribution is 9.10. The lowest BCUT2D eigenvalue weighted by molar-refractivity contribution is 0.0536. The minimum atomic E-state index is -2.45. The molecular weight excluding hydrogens is 325 g/mol. The molecule has 0 bridgehead atoms. The summed E-state index contributed by atoms with van der Waals surface area (Å²) in [5.74, 6) is -1.76. The van der Waals surface area contributed by atoms with Gasteiger partial charge in [0.1, 0.15) is 5.82 Å². The van der Waals surface area contributed by atoms with E-state index in [1.54, 1.807) is 12.3 Å². The van der Waals surface area contributed by atoms with Crippen LogP contribution in [0.1, 0.15) is 19.3 Å². The van der Waals surface area contributed by atoms with Crippen molar-refractivity contribution >= 4 is 33.3 Å². The van der Waals surface area contributed by atoms with Crippen LogP contribution in [0.25, 0.3) is 0 Å². The van der Waals surface area contributed by atoms with Crippen LogP contribution in [0, 0.1) is 5.41 Å². The van der Waals surface area contributed by atoms with Gasteiger partial charge in [-0.15, -0.1) is 0 Å². The van der Waals surface area contributed by atoms with Gasteiger partial charge < -0.3 is 4.90 Å². The third-order valence-electron chi connectivity index (χ3n) is 4.02. The molecule has 0 N–H and O–H groups in total. The zero-order valence-electron chi connectivity index (χ0n) is 9.60. The van der Waals surface area contributed by atoms with Gasteiger partial charge in [-0.1, -0.05) is 11.6 Å². The summed E-state index contributed by atoms with van der Waals surface area (Å²) in [5.41, 5.74) is -0.731. The van der Waals surface area contributed by atoms with Crippen LogP contribution in [0.3, 0.4) is 0 Å². The molecule has 98 valence electrons. The van der Waals surface area contributed by atoms with Gasteiger partial charge >= 0.3 is 0 Å². The first-order valence-corrected chi connectivity index (χ1v) is 7.04. The Labute approximate surface area is 117 Å². The molecule has 0 amide bonds. The van der Waals surface area contributed by atoms with E-state index in [1.165, 1.54) is 0 Å². The standard InChI is InChI=1S/C12H12BrClF2N2/c13-8-5-9(14)10(17-6-8)18-3-1-11(2-4-18)7-12(11,15)16/h5-6H,1-4,7H2. The van der Waals surface area contributed by atoms with Crippen molar-refractivity contribution in [2.75, 3.05) is 18.0 Å². The molecule has 2 fully saturated rings. The number of piperidine rings is 1. The van der Waals surface area contributed by atoms with Crippen molar-refractivity contribution in [3.05, 3.63) is 21.8 Å². The first-order chi connectivity index (χ1) is 8.44. The van der Waals surface area contributed by atoms with E-state index in [9.17, 15) is 8.78 Å². The molecule has 6 heteroatoms. The van der Waals surface area contributed by atoms with Gasteiger partial charge in [-0.3, -0.25) is 0 Å². The van der Waals surface area contributed by atoms with Gasteiger partial charge in [-0.25, -0.2) is 13.8 Å². The number of anilines is 1. The highest BCUT2D eigenvalue weighted by Gasteiger charge is 2.70. The Bertz CT molecular complexity index is 487. The smallest absolute Gasteiger partial charge is 0.254 e. The Kier molecular flexibility index (Phi) is 2.83. The first kappa shape index (κ1) is 12.6. The molecule has 2 heterocycles. The maximum atomic E-state index is 13.3. The third-order valence-corrected chi connectivity index (χ3v) is 4.73. The second-order valence-electron chi connectivity index (χ2n) is 5.11. The quantitative estimate of drug-likeness (QED) is 0.766. The number of hydrogen-bond donors (Lipinski definition) is 0. The van der Waals surface area contributed by atoms with E-state index in [2.05, 4.69) is 20.9 Å². The van der Waals surface area contributed by atoms with Crippen LogP contribution in [0.15, 0.2) is 16.7 Å². The van der Waals surface area contributed by atoms with Gasteiger partial charge in [0.2, 0.25) is 0 Å². The summed E-state index contributed by atoms with van der Waals surface area (Å²) in [6, 6.07) is 1.78. The minimum absolute atomic E-state index is 0.0509. The van der Waals surface area contributed by atoms with Gasteiger partial charge in [0.05, 0.1) is 5.02 Å². The summed E-state index contributed by atoms with van der Waals surface area (Å²) >= 11 is 9.42. The second kappa shape index (κ2) is 4.04. The molecule has 1 aromatic rings. The average molecular weight is 338 g/mol. The van der Waals surface area contributed by atoms with Crippen molar-refractivity contribution in [2.45, 2.75) is 25.2 Å². The van der Waals surface area contributed by atoms with Crippen molar-refractivity contribution in [3.8, 4) is 0 Å². The molecule has 1 aromatic heterocycles. The predicted octanol–water partition coefficient (Wildman–Crippen LogP) is 4.12. The lowest BCUT2D eigenvalue weighted by Crippen LogP contribution is -2.37. The monoisotopic (exact) mass is 336 g/mol. The minimum Gasteiger partial charge on any atom is -0.355 e. The highest BCUT2D eigenvalue weighted by Crippen LogP contribution is 2.65. The van der Waals surface area contributed by atoms with Crippen molar-refractivity contribution in [2.24, 2.45) is 5.41 Å². The third kappa shape index (κ3) is 1.92. The average Bonchev–Trinajstić information content (AvgIpc) is 2.82. The summed E-state index contributed by atoms with van der Waals surface area (Å²) in [6.45, 7) is 1.20. The van der Waals surface area contributed by atoms with Crippen LogP contribution < -0.4 is 4.90 Å². The molecule has 1 saturated heterocycles. The Balaban J connectivity index is 1.73. The first-order valence-electron chi connectivity index (χ1n) is 5.87. The number of rotatable bonds is 1. The predicted molar refractivity (Wildman–Crippen MR) is 70.4 cm³/mol. The molecule has 1 spiro atoms.